The molecule has 0 aliphatic carbocycles. The summed E-state index contributed by atoms with van der Waals surface area (Å²) in [4.78, 5) is 15.9. The van der Waals surface area contributed by atoms with Crippen molar-refractivity contribution in [1.82, 2.24) is 0 Å². The zero-order valence-electron chi connectivity index (χ0n) is 16.8. The van der Waals surface area contributed by atoms with Gasteiger partial charge in [-0.25, -0.2) is 4.21 Å². The number of nitrogens with zero attached hydrogens (tertiary/aromatic N) is 1. The molecule has 1 aliphatic rings. The highest BCUT2D eigenvalue weighted by molar-refractivity contribution is 7.85. The van der Waals surface area contributed by atoms with E-state index < -0.39 is 16.2 Å². The number of hydrogen-bond donors (Lipinski definition) is 0. The molecule has 150 valence electrons. The van der Waals surface area contributed by atoms with Crippen LogP contribution in [0.25, 0.3) is 0 Å². The number of ether oxygens (including phenoxy) is 1. The molecular formula is C23H23NO4S. The van der Waals surface area contributed by atoms with Crippen molar-refractivity contribution in [2.75, 3.05) is 12.0 Å². The van der Waals surface area contributed by atoms with Gasteiger partial charge in [0.05, 0.1) is 34.5 Å². The molecule has 0 bridgehead atoms. The normalized spacial score (nSPS) is 19.0. The molecule has 3 aromatic rings. The monoisotopic (exact) mass is 409 g/mol. The summed E-state index contributed by atoms with van der Waals surface area (Å²) in [6.45, 7) is 5.77. The summed E-state index contributed by atoms with van der Waals surface area (Å²) >= 11 is 0. The number of β-lactam (4-membered cyclic amide) rings is 1. The Balaban J connectivity index is 1.73. The van der Waals surface area contributed by atoms with Crippen molar-refractivity contribution in [2.24, 2.45) is 5.41 Å². The second-order valence-corrected chi connectivity index (χ2v) is 9.18. The van der Waals surface area contributed by atoms with Crippen LogP contribution in [-0.4, -0.2) is 17.2 Å². The van der Waals surface area contributed by atoms with Crippen LogP contribution in [0.2, 0.25) is 0 Å². The first-order chi connectivity index (χ1) is 13.8. The van der Waals surface area contributed by atoms with Crippen LogP contribution in [0.1, 0.15) is 31.2 Å². The Hall–Kier alpha value is -2.86. The van der Waals surface area contributed by atoms with Crippen LogP contribution in [0.3, 0.4) is 0 Å². The van der Waals surface area contributed by atoms with Crippen LogP contribution < -0.4 is 9.64 Å². The number of hydrogen-bond acceptors (Lipinski definition) is 4. The van der Waals surface area contributed by atoms with Gasteiger partial charge in [-0.2, -0.15) is 0 Å². The summed E-state index contributed by atoms with van der Waals surface area (Å²) in [6, 6.07) is 16.3. The first-order valence-electron chi connectivity index (χ1n) is 9.38. The molecule has 0 saturated carbocycles. The number of rotatable bonds is 5. The molecule has 2 heterocycles. The number of benzene rings is 2. The Bertz CT molecular complexity index is 1070. The van der Waals surface area contributed by atoms with Gasteiger partial charge in [0.2, 0.25) is 5.91 Å². The quantitative estimate of drug-likeness (QED) is 0.564. The fourth-order valence-corrected chi connectivity index (χ4v) is 4.86. The molecule has 1 amide bonds. The molecule has 1 fully saturated rings. The van der Waals surface area contributed by atoms with Crippen molar-refractivity contribution < 1.29 is 18.2 Å². The summed E-state index contributed by atoms with van der Waals surface area (Å²) in [5.74, 6) is 1.28. The second kappa shape index (κ2) is 7.19. The highest BCUT2D eigenvalue weighted by atomic mass is 32.2. The van der Waals surface area contributed by atoms with Gasteiger partial charge in [-0.1, -0.05) is 17.7 Å². The Morgan fingerprint density at radius 1 is 1.03 bits per heavy atom. The van der Waals surface area contributed by atoms with Crippen LogP contribution in [0.5, 0.6) is 5.75 Å². The number of anilines is 1. The SMILES string of the molecule is COc1ccc(N2C(=O)C(C)(C)[C@@H]2c2occc2S(=O)c2ccc(C)cc2)cc1. The lowest BCUT2D eigenvalue weighted by atomic mass is 9.72. The molecular weight excluding hydrogens is 386 g/mol. The lowest BCUT2D eigenvalue weighted by molar-refractivity contribution is -0.138. The molecule has 29 heavy (non-hydrogen) atoms. The molecule has 5 nitrogen and oxygen atoms in total. The minimum absolute atomic E-state index is 0.00358. The topological polar surface area (TPSA) is 59.8 Å². The fourth-order valence-electron chi connectivity index (χ4n) is 3.71. The second-order valence-electron chi connectivity index (χ2n) is 7.73. The highest BCUT2D eigenvalue weighted by Gasteiger charge is 2.57. The molecule has 1 aliphatic heterocycles. The number of amides is 1. The van der Waals surface area contributed by atoms with E-state index in [1.54, 1.807) is 24.3 Å². The van der Waals surface area contributed by atoms with Crippen LogP contribution in [0, 0.1) is 12.3 Å². The Morgan fingerprint density at radius 2 is 1.69 bits per heavy atom. The van der Waals surface area contributed by atoms with Crippen LogP contribution >= 0.6 is 0 Å². The maximum atomic E-state index is 13.2. The molecule has 1 aromatic heterocycles. The van der Waals surface area contributed by atoms with E-state index in [0.717, 1.165) is 17.0 Å². The first kappa shape index (κ1) is 19.5. The Kier molecular flexibility index (Phi) is 4.82. The van der Waals surface area contributed by atoms with E-state index >= 15 is 0 Å². The van der Waals surface area contributed by atoms with Crippen molar-refractivity contribution in [3.05, 3.63) is 72.2 Å². The minimum atomic E-state index is -1.40. The van der Waals surface area contributed by atoms with Gasteiger partial charge >= 0.3 is 0 Å². The standard InChI is InChI=1S/C23H23NO4S/c1-15-5-11-18(12-6-15)29(26)19-13-14-28-20(19)21-23(2,3)22(25)24(21)16-7-9-17(27-4)10-8-16/h5-14,21H,1-4H3/t21-,29?/m0/s1. The van der Waals surface area contributed by atoms with E-state index in [4.69, 9.17) is 9.15 Å². The van der Waals surface area contributed by atoms with Gasteiger partial charge < -0.3 is 14.1 Å². The molecule has 2 atom stereocenters. The van der Waals surface area contributed by atoms with E-state index in [2.05, 4.69) is 0 Å². The molecule has 1 saturated heterocycles. The third kappa shape index (κ3) is 3.17. The lowest BCUT2D eigenvalue weighted by Gasteiger charge is -2.51. The van der Waals surface area contributed by atoms with E-state index in [9.17, 15) is 9.00 Å². The van der Waals surface area contributed by atoms with Crippen molar-refractivity contribution in [1.29, 1.82) is 0 Å². The molecule has 0 radical (unpaired) electrons. The molecule has 0 N–H and O–H groups in total. The van der Waals surface area contributed by atoms with Crippen LogP contribution in [0.15, 0.2) is 75.1 Å². The first-order valence-corrected chi connectivity index (χ1v) is 10.5. The van der Waals surface area contributed by atoms with E-state index in [-0.39, 0.29) is 11.9 Å². The maximum absolute atomic E-state index is 13.2. The maximum Gasteiger partial charge on any atom is 0.235 e. The number of carbonyl (C=O) groups is 1. The van der Waals surface area contributed by atoms with E-state index in [1.165, 1.54) is 0 Å². The number of furan rings is 1. The van der Waals surface area contributed by atoms with Crippen molar-refractivity contribution in [3.8, 4) is 5.75 Å². The third-order valence-electron chi connectivity index (χ3n) is 5.40. The van der Waals surface area contributed by atoms with E-state index in [0.29, 0.717) is 15.6 Å². The van der Waals surface area contributed by atoms with Crippen LogP contribution in [0.4, 0.5) is 5.69 Å². The van der Waals surface area contributed by atoms with Crippen molar-refractivity contribution >= 4 is 22.4 Å². The van der Waals surface area contributed by atoms with Crippen molar-refractivity contribution in [2.45, 2.75) is 36.6 Å². The van der Waals surface area contributed by atoms with Gasteiger partial charge in [0.1, 0.15) is 17.6 Å². The third-order valence-corrected chi connectivity index (χ3v) is 6.84. The fraction of sp³-hybridized carbons (Fsp3) is 0.261. The molecule has 4 rings (SSSR count). The zero-order chi connectivity index (χ0) is 20.8. The average Bonchev–Trinajstić information content (AvgIpc) is 3.20. The van der Waals surface area contributed by atoms with Gasteiger partial charge in [0.15, 0.2) is 0 Å². The van der Waals surface area contributed by atoms with Gasteiger partial charge in [0.25, 0.3) is 0 Å². The number of aryl methyl sites for hydroxylation is 1. The predicted octanol–water partition coefficient (Wildman–Crippen LogP) is 4.88. The Morgan fingerprint density at radius 3 is 2.31 bits per heavy atom. The Labute approximate surface area is 172 Å². The summed E-state index contributed by atoms with van der Waals surface area (Å²) in [6.07, 6.45) is 1.54. The lowest BCUT2D eigenvalue weighted by Crippen LogP contribution is -2.61. The number of carbonyl (C=O) groups excluding carboxylic acids is 1. The van der Waals surface area contributed by atoms with Gasteiger partial charge in [0, 0.05) is 10.6 Å². The summed E-state index contributed by atoms with van der Waals surface area (Å²) in [7, 11) is 0.206. The molecule has 1 unspecified atom stereocenters. The van der Waals surface area contributed by atoms with Gasteiger partial charge in [-0.3, -0.25) is 4.79 Å². The van der Waals surface area contributed by atoms with Crippen LogP contribution in [-0.2, 0) is 15.6 Å². The summed E-state index contributed by atoms with van der Waals surface area (Å²) in [5, 5.41) is 0. The van der Waals surface area contributed by atoms with Crippen molar-refractivity contribution in [3.63, 3.8) is 0 Å². The average molecular weight is 410 g/mol. The van der Waals surface area contributed by atoms with Gasteiger partial charge in [-0.15, -0.1) is 0 Å². The molecule has 2 aromatic carbocycles. The zero-order valence-corrected chi connectivity index (χ0v) is 17.7. The summed E-state index contributed by atoms with van der Waals surface area (Å²) < 4.78 is 24.3. The molecule has 0 spiro atoms. The summed E-state index contributed by atoms with van der Waals surface area (Å²) in [5.41, 5.74) is 1.20. The number of methoxy groups -OCH3 is 1. The predicted molar refractivity (Wildman–Crippen MR) is 112 cm³/mol. The van der Waals surface area contributed by atoms with E-state index in [1.807, 2.05) is 69.3 Å². The molecule has 6 heteroatoms. The highest BCUT2D eigenvalue weighted by Crippen LogP contribution is 2.53. The smallest absolute Gasteiger partial charge is 0.235 e. The minimum Gasteiger partial charge on any atom is -0.497 e. The van der Waals surface area contributed by atoms with Gasteiger partial charge in [-0.05, 0) is 63.2 Å². The largest absolute Gasteiger partial charge is 0.497 e.